The van der Waals surface area contributed by atoms with Crippen LogP contribution in [0.1, 0.15) is 44.9 Å². The van der Waals surface area contributed by atoms with Crippen molar-refractivity contribution in [3.63, 3.8) is 0 Å². The molecule has 0 saturated heterocycles. The third-order valence-electron chi connectivity index (χ3n) is 4.87. The first-order valence-corrected chi connectivity index (χ1v) is 11.9. The molecular weight excluding hydrogens is 513 g/mol. The van der Waals surface area contributed by atoms with E-state index in [-0.39, 0.29) is 43.3 Å². The number of amides is 2. The molecule has 0 aliphatic rings. The van der Waals surface area contributed by atoms with Gasteiger partial charge in [-0.2, -0.15) is 0 Å². The number of anilines is 1. The summed E-state index contributed by atoms with van der Waals surface area (Å²) in [4.78, 5) is 54.9. The van der Waals surface area contributed by atoms with Crippen LogP contribution >= 0.6 is 0 Å². The van der Waals surface area contributed by atoms with Gasteiger partial charge in [0.2, 0.25) is 11.8 Å². The van der Waals surface area contributed by atoms with Crippen molar-refractivity contribution in [3.05, 3.63) is 30.1 Å². The molecule has 11 nitrogen and oxygen atoms in total. The smallest absolute Gasteiger partial charge is 0.328 e. The molecular formula is C27H36FN3O8. The molecule has 1 aromatic rings. The first-order chi connectivity index (χ1) is 18.7. The topological polar surface area (TPSA) is 162 Å². The average Bonchev–Trinajstić information content (AvgIpc) is 2.90. The van der Waals surface area contributed by atoms with Crippen molar-refractivity contribution in [2.24, 2.45) is 0 Å². The van der Waals surface area contributed by atoms with E-state index in [9.17, 15) is 18.8 Å². The first kappa shape index (κ1) is 36.7. The van der Waals surface area contributed by atoms with Crippen molar-refractivity contribution in [3.8, 4) is 24.7 Å². The van der Waals surface area contributed by atoms with Crippen LogP contribution in [-0.2, 0) is 28.7 Å². The van der Waals surface area contributed by atoms with E-state index in [1.54, 1.807) is 12.1 Å². The van der Waals surface area contributed by atoms with E-state index in [0.29, 0.717) is 45.3 Å². The lowest BCUT2D eigenvalue weighted by Gasteiger charge is -2.19. The number of unbranched alkanes of at least 4 members (excludes halogenated alkanes) is 2. The Kier molecular flexibility index (Phi) is 23.8. The summed E-state index contributed by atoms with van der Waals surface area (Å²) < 4.78 is 18.3. The van der Waals surface area contributed by atoms with Gasteiger partial charge in [0.05, 0.1) is 25.9 Å². The molecule has 214 valence electrons. The Balaban J connectivity index is 0. The summed E-state index contributed by atoms with van der Waals surface area (Å²) in [5, 5.41) is 19.0. The van der Waals surface area contributed by atoms with Crippen LogP contribution in [0, 0.1) is 30.5 Å². The zero-order chi connectivity index (χ0) is 29.9. The summed E-state index contributed by atoms with van der Waals surface area (Å²) in [6.45, 7) is 1.12. The number of ether oxygens (including phenoxy) is 1. The number of esters is 1. The van der Waals surface area contributed by atoms with Crippen LogP contribution in [0.2, 0.25) is 0 Å². The van der Waals surface area contributed by atoms with E-state index in [2.05, 4.69) is 22.5 Å². The Hall–Kier alpha value is -4.42. The van der Waals surface area contributed by atoms with E-state index >= 15 is 0 Å². The second kappa shape index (κ2) is 25.2. The summed E-state index contributed by atoms with van der Waals surface area (Å²) in [5.74, 6) is 3.50. The fourth-order valence-corrected chi connectivity index (χ4v) is 3.16. The van der Waals surface area contributed by atoms with Crippen molar-refractivity contribution >= 4 is 36.4 Å². The summed E-state index contributed by atoms with van der Waals surface area (Å²) in [5.41, 5.74) is 0.128. The molecule has 39 heavy (non-hydrogen) atoms. The largest absolute Gasteiger partial charge is 0.483 e. The van der Waals surface area contributed by atoms with Crippen molar-refractivity contribution in [2.75, 3.05) is 32.1 Å². The van der Waals surface area contributed by atoms with Crippen LogP contribution in [0.3, 0.4) is 0 Å². The van der Waals surface area contributed by atoms with Gasteiger partial charge >= 0.3 is 5.97 Å². The maximum atomic E-state index is 13.6. The lowest BCUT2D eigenvalue weighted by Crippen LogP contribution is -2.41. The highest BCUT2D eigenvalue weighted by molar-refractivity contribution is 5.90. The molecule has 12 heteroatoms. The standard InChI is InChI=1S/C25H32FN3O4.2CH2O2/c1-4-17-29(18-5-2)19-11-10-14-22(25(32)33-3)28-24(31)16-9-8-15-23(30)27-21-13-7-6-12-20(21)26;2*2-1-3/h1-2,6-7,12-13,22H,8-11,14-19H2,3H3,(H,27,30)(H,28,31);2*1H,(H,2,3)/t22-;;/m0../s1. The second-order valence-corrected chi connectivity index (χ2v) is 7.70. The highest BCUT2D eigenvalue weighted by Crippen LogP contribution is 2.13. The number of nitrogens with zero attached hydrogens (tertiary/aromatic N) is 1. The van der Waals surface area contributed by atoms with Gasteiger partial charge in [-0.1, -0.05) is 24.0 Å². The summed E-state index contributed by atoms with van der Waals surface area (Å²) in [6.07, 6.45) is 13.8. The lowest BCUT2D eigenvalue weighted by atomic mass is 10.1. The molecule has 0 unspecified atom stereocenters. The number of carboxylic acid groups (broad SMARTS) is 2. The van der Waals surface area contributed by atoms with Crippen molar-refractivity contribution < 1.29 is 43.3 Å². The molecule has 1 rings (SSSR count). The summed E-state index contributed by atoms with van der Waals surface area (Å²) in [7, 11) is 1.28. The number of carbonyl (C=O) groups is 5. The molecule has 0 heterocycles. The van der Waals surface area contributed by atoms with Gasteiger partial charge in [0.1, 0.15) is 11.9 Å². The minimum absolute atomic E-state index is 0.128. The van der Waals surface area contributed by atoms with Gasteiger partial charge in [-0.25, -0.2) is 9.18 Å². The van der Waals surface area contributed by atoms with E-state index in [4.69, 9.17) is 37.4 Å². The quantitative estimate of drug-likeness (QED) is 0.111. The normalized spacial score (nSPS) is 10.1. The van der Waals surface area contributed by atoms with Crippen molar-refractivity contribution in [1.82, 2.24) is 10.2 Å². The molecule has 0 spiro atoms. The maximum Gasteiger partial charge on any atom is 0.328 e. The molecule has 0 aromatic heterocycles. The second-order valence-electron chi connectivity index (χ2n) is 7.70. The lowest BCUT2D eigenvalue weighted by molar-refractivity contribution is -0.145. The zero-order valence-electron chi connectivity index (χ0n) is 21.9. The van der Waals surface area contributed by atoms with E-state index in [1.165, 1.54) is 19.2 Å². The molecule has 0 fully saturated rings. The van der Waals surface area contributed by atoms with Crippen LogP contribution < -0.4 is 10.6 Å². The van der Waals surface area contributed by atoms with E-state index in [1.807, 2.05) is 4.90 Å². The zero-order valence-corrected chi connectivity index (χ0v) is 21.9. The third-order valence-corrected chi connectivity index (χ3v) is 4.87. The molecule has 4 N–H and O–H groups in total. The number of terminal acetylenes is 2. The predicted octanol–water partition coefficient (Wildman–Crippen LogP) is 2.12. The van der Waals surface area contributed by atoms with Crippen LogP contribution in [0.5, 0.6) is 0 Å². The Morgan fingerprint density at radius 1 is 1.00 bits per heavy atom. The summed E-state index contributed by atoms with van der Waals surface area (Å²) >= 11 is 0. The Morgan fingerprint density at radius 3 is 2.05 bits per heavy atom. The van der Waals surface area contributed by atoms with Crippen LogP contribution in [0.15, 0.2) is 24.3 Å². The maximum absolute atomic E-state index is 13.6. The number of hydrogen-bond donors (Lipinski definition) is 4. The monoisotopic (exact) mass is 549 g/mol. The predicted molar refractivity (Wildman–Crippen MR) is 143 cm³/mol. The van der Waals surface area contributed by atoms with Gasteiger partial charge in [0, 0.05) is 19.4 Å². The third kappa shape index (κ3) is 20.3. The number of halogens is 1. The Morgan fingerprint density at radius 2 is 1.54 bits per heavy atom. The minimum Gasteiger partial charge on any atom is -0.483 e. The molecule has 0 saturated carbocycles. The van der Waals surface area contributed by atoms with Crippen molar-refractivity contribution in [2.45, 2.75) is 51.0 Å². The SMILES string of the molecule is C#CCN(CC#C)CCCC[C@H](NC(=O)CCCCC(=O)Nc1ccccc1F)C(=O)OC.O=CO.O=CO. The summed E-state index contributed by atoms with van der Waals surface area (Å²) in [6, 6.07) is 5.18. The Labute approximate surface area is 228 Å². The molecule has 0 radical (unpaired) electrons. The highest BCUT2D eigenvalue weighted by atomic mass is 19.1. The van der Waals surface area contributed by atoms with Gasteiger partial charge < -0.3 is 25.6 Å². The molecule has 2 amide bonds. The van der Waals surface area contributed by atoms with Crippen LogP contribution in [0.4, 0.5) is 10.1 Å². The van der Waals surface area contributed by atoms with Gasteiger partial charge in [-0.15, -0.1) is 12.8 Å². The average molecular weight is 550 g/mol. The van der Waals surface area contributed by atoms with Gasteiger partial charge in [-0.05, 0) is 44.2 Å². The molecule has 0 aliphatic carbocycles. The van der Waals surface area contributed by atoms with Gasteiger partial charge in [0.25, 0.3) is 12.9 Å². The molecule has 0 bridgehead atoms. The minimum atomic E-state index is -0.736. The van der Waals surface area contributed by atoms with Gasteiger partial charge in [-0.3, -0.25) is 24.1 Å². The molecule has 1 aromatic carbocycles. The van der Waals surface area contributed by atoms with E-state index < -0.39 is 17.8 Å². The number of nitrogens with one attached hydrogen (secondary N) is 2. The fraction of sp³-hybridized carbons (Fsp3) is 0.444. The molecule has 0 aliphatic heterocycles. The number of methoxy groups -OCH3 is 1. The van der Waals surface area contributed by atoms with Crippen LogP contribution in [-0.4, -0.2) is 78.6 Å². The number of benzene rings is 1. The first-order valence-electron chi connectivity index (χ1n) is 11.9. The van der Waals surface area contributed by atoms with Gasteiger partial charge in [0.15, 0.2) is 0 Å². The number of para-hydroxylation sites is 1. The fourth-order valence-electron chi connectivity index (χ4n) is 3.16. The molecule has 1 atom stereocenters. The van der Waals surface area contributed by atoms with Crippen LogP contribution in [0.25, 0.3) is 0 Å². The van der Waals surface area contributed by atoms with Crippen molar-refractivity contribution in [1.29, 1.82) is 0 Å². The highest BCUT2D eigenvalue weighted by Gasteiger charge is 2.21. The number of rotatable bonds is 15. The number of carbonyl (C=O) groups excluding carboxylic acids is 3. The number of hydrogen-bond acceptors (Lipinski definition) is 7. The Bertz CT molecular complexity index is 937. The van der Waals surface area contributed by atoms with E-state index in [0.717, 1.165) is 6.42 Å².